The molecule has 1 aliphatic carbocycles. The summed E-state index contributed by atoms with van der Waals surface area (Å²) in [4.78, 5) is 0. The van der Waals surface area contributed by atoms with Gasteiger partial charge in [-0.25, -0.2) is 0 Å². The minimum atomic E-state index is 0.513. The number of benzene rings is 1. The average molecular weight is 361 g/mol. The fraction of sp³-hybridized carbons (Fsp3) is 0.571. The number of hydrogen-bond acceptors (Lipinski definition) is 1. The van der Waals surface area contributed by atoms with Gasteiger partial charge in [0.15, 0.2) is 0 Å². The first-order chi connectivity index (χ1) is 8.24. The summed E-state index contributed by atoms with van der Waals surface area (Å²) in [6.07, 6.45) is 6.25. The third kappa shape index (κ3) is 3.12. The SMILES string of the molecule is CCCNC1CCCCc2c(Br)ccc(Br)c21. The van der Waals surface area contributed by atoms with Gasteiger partial charge in [0.25, 0.3) is 0 Å². The summed E-state index contributed by atoms with van der Waals surface area (Å²) >= 11 is 7.42. The molecule has 0 heterocycles. The maximum absolute atomic E-state index is 3.72. The minimum Gasteiger partial charge on any atom is -0.310 e. The van der Waals surface area contributed by atoms with Gasteiger partial charge in [-0.2, -0.15) is 0 Å². The standard InChI is InChI=1S/C14H19Br2N/c1-2-9-17-13-6-4-3-5-10-11(15)7-8-12(16)14(10)13/h7-8,13,17H,2-6,9H2,1H3. The second-order valence-electron chi connectivity index (χ2n) is 4.67. The topological polar surface area (TPSA) is 12.0 Å². The lowest BCUT2D eigenvalue weighted by Crippen LogP contribution is -2.22. The zero-order chi connectivity index (χ0) is 12.3. The molecule has 1 aromatic carbocycles. The van der Waals surface area contributed by atoms with Gasteiger partial charge in [-0.15, -0.1) is 0 Å². The molecule has 1 atom stereocenters. The Morgan fingerprint density at radius 1 is 1.24 bits per heavy atom. The molecule has 0 spiro atoms. The van der Waals surface area contributed by atoms with Crippen LogP contribution in [0.25, 0.3) is 0 Å². The van der Waals surface area contributed by atoms with Crippen molar-refractivity contribution in [1.82, 2.24) is 5.32 Å². The van der Waals surface area contributed by atoms with Crippen LogP contribution < -0.4 is 5.32 Å². The molecule has 0 saturated carbocycles. The van der Waals surface area contributed by atoms with Crippen LogP contribution in [0.2, 0.25) is 0 Å². The normalized spacial score (nSPS) is 19.8. The summed E-state index contributed by atoms with van der Waals surface area (Å²) in [5.41, 5.74) is 2.97. The van der Waals surface area contributed by atoms with Gasteiger partial charge in [0, 0.05) is 15.0 Å². The molecule has 0 saturated heterocycles. The predicted molar refractivity (Wildman–Crippen MR) is 80.4 cm³/mol. The first-order valence-corrected chi connectivity index (χ1v) is 8.02. The summed E-state index contributed by atoms with van der Waals surface area (Å²) < 4.78 is 2.52. The fourth-order valence-corrected chi connectivity index (χ4v) is 3.75. The lowest BCUT2D eigenvalue weighted by atomic mass is 9.99. The van der Waals surface area contributed by atoms with Gasteiger partial charge in [0.1, 0.15) is 0 Å². The average Bonchev–Trinajstić information content (AvgIpc) is 2.54. The van der Waals surface area contributed by atoms with E-state index in [1.165, 1.54) is 52.2 Å². The highest BCUT2D eigenvalue weighted by Crippen LogP contribution is 2.37. The van der Waals surface area contributed by atoms with Gasteiger partial charge in [-0.3, -0.25) is 0 Å². The monoisotopic (exact) mass is 359 g/mol. The Morgan fingerprint density at radius 3 is 2.76 bits per heavy atom. The Labute approximate surface area is 121 Å². The summed E-state index contributed by atoms with van der Waals surface area (Å²) in [6, 6.07) is 4.83. The van der Waals surface area contributed by atoms with Gasteiger partial charge in [-0.1, -0.05) is 45.2 Å². The maximum Gasteiger partial charge on any atom is 0.0334 e. The molecule has 0 radical (unpaired) electrons. The molecule has 94 valence electrons. The van der Waals surface area contributed by atoms with Gasteiger partial charge in [0.2, 0.25) is 0 Å². The fourth-order valence-electron chi connectivity index (χ4n) is 2.56. The highest BCUT2D eigenvalue weighted by molar-refractivity contribution is 9.11. The van der Waals surface area contributed by atoms with Crippen LogP contribution in [0.3, 0.4) is 0 Å². The molecule has 0 aromatic heterocycles. The van der Waals surface area contributed by atoms with Crippen molar-refractivity contribution in [3.8, 4) is 0 Å². The van der Waals surface area contributed by atoms with E-state index in [0.29, 0.717) is 6.04 Å². The van der Waals surface area contributed by atoms with Gasteiger partial charge < -0.3 is 5.32 Å². The van der Waals surface area contributed by atoms with Crippen molar-refractivity contribution in [2.24, 2.45) is 0 Å². The molecule has 2 rings (SSSR count). The van der Waals surface area contributed by atoms with Crippen LogP contribution in [0, 0.1) is 0 Å². The van der Waals surface area contributed by atoms with Crippen molar-refractivity contribution in [2.75, 3.05) is 6.54 Å². The summed E-state index contributed by atoms with van der Waals surface area (Å²) in [6.45, 7) is 3.32. The molecule has 1 aromatic rings. The van der Waals surface area contributed by atoms with Crippen LogP contribution in [0.15, 0.2) is 21.1 Å². The molecule has 1 unspecified atom stereocenters. The first kappa shape index (κ1) is 13.6. The molecule has 1 aliphatic rings. The first-order valence-electron chi connectivity index (χ1n) is 6.44. The molecule has 0 bridgehead atoms. The quantitative estimate of drug-likeness (QED) is 0.749. The van der Waals surface area contributed by atoms with E-state index in [1.54, 1.807) is 0 Å². The largest absolute Gasteiger partial charge is 0.310 e. The second-order valence-corrected chi connectivity index (χ2v) is 6.38. The van der Waals surface area contributed by atoms with E-state index in [0.717, 1.165) is 6.54 Å². The van der Waals surface area contributed by atoms with Crippen molar-refractivity contribution < 1.29 is 0 Å². The van der Waals surface area contributed by atoms with Crippen LogP contribution >= 0.6 is 31.9 Å². The van der Waals surface area contributed by atoms with Gasteiger partial charge >= 0.3 is 0 Å². The molecule has 0 aliphatic heterocycles. The molecular formula is C14H19Br2N. The van der Waals surface area contributed by atoms with E-state index in [4.69, 9.17) is 0 Å². The number of fused-ring (bicyclic) bond motifs is 1. The van der Waals surface area contributed by atoms with Crippen LogP contribution in [0.1, 0.15) is 49.8 Å². The van der Waals surface area contributed by atoms with Crippen molar-refractivity contribution in [1.29, 1.82) is 0 Å². The Morgan fingerprint density at radius 2 is 2.00 bits per heavy atom. The Balaban J connectivity index is 2.36. The van der Waals surface area contributed by atoms with E-state index in [9.17, 15) is 0 Å². The second kappa shape index (κ2) is 6.35. The Bertz CT molecular complexity index is 390. The molecule has 1 N–H and O–H groups in total. The molecule has 0 fully saturated rings. The van der Waals surface area contributed by atoms with Gasteiger partial charge in [0.05, 0.1) is 0 Å². The van der Waals surface area contributed by atoms with E-state index >= 15 is 0 Å². The lowest BCUT2D eigenvalue weighted by Gasteiger charge is -2.21. The predicted octanol–water partition coefficient (Wildman–Crippen LogP) is 4.98. The molecular weight excluding hydrogens is 342 g/mol. The molecule has 17 heavy (non-hydrogen) atoms. The third-order valence-corrected chi connectivity index (χ3v) is 4.84. The maximum atomic E-state index is 3.72. The summed E-state index contributed by atoms with van der Waals surface area (Å²) in [5.74, 6) is 0. The summed E-state index contributed by atoms with van der Waals surface area (Å²) in [5, 5.41) is 3.68. The minimum absolute atomic E-state index is 0.513. The Kier molecular flexibility index (Phi) is 5.07. The summed E-state index contributed by atoms with van der Waals surface area (Å²) in [7, 11) is 0. The number of rotatable bonds is 3. The van der Waals surface area contributed by atoms with Crippen LogP contribution in [0.4, 0.5) is 0 Å². The van der Waals surface area contributed by atoms with Crippen molar-refractivity contribution >= 4 is 31.9 Å². The zero-order valence-electron chi connectivity index (χ0n) is 10.2. The van der Waals surface area contributed by atoms with E-state index in [1.807, 2.05) is 0 Å². The van der Waals surface area contributed by atoms with Crippen molar-refractivity contribution in [2.45, 2.75) is 45.1 Å². The smallest absolute Gasteiger partial charge is 0.0334 e. The molecule has 0 amide bonds. The number of hydrogen-bond donors (Lipinski definition) is 1. The van der Waals surface area contributed by atoms with Crippen molar-refractivity contribution in [3.63, 3.8) is 0 Å². The van der Waals surface area contributed by atoms with Crippen LogP contribution in [-0.2, 0) is 6.42 Å². The molecule has 1 nitrogen and oxygen atoms in total. The van der Waals surface area contributed by atoms with Gasteiger partial charge in [-0.05, 0) is 55.5 Å². The third-order valence-electron chi connectivity index (χ3n) is 3.41. The van der Waals surface area contributed by atoms with E-state index < -0.39 is 0 Å². The van der Waals surface area contributed by atoms with Crippen LogP contribution in [-0.4, -0.2) is 6.54 Å². The van der Waals surface area contributed by atoms with E-state index in [2.05, 4.69) is 56.2 Å². The lowest BCUT2D eigenvalue weighted by molar-refractivity contribution is 0.488. The van der Waals surface area contributed by atoms with Crippen LogP contribution in [0.5, 0.6) is 0 Å². The van der Waals surface area contributed by atoms with E-state index in [-0.39, 0.29) is 0 Å². The van der Waals surface area contributed by atoms with Crippen molar-refractivity contribution in [3.05, 3.63) is 32.2 Å². The number of nitrogens with one attached hydrogen (secondary N) is 1. The Hall–Kier alpha value is 0.140. The number of halogens is 2. The zero-order valence-corrected chi connectivity index (χ0v) is 13.4. The highest BCUT2D eigenvalue weighted by Gasteiger charge is 2.22. The molecule has 3 heteroatoms. The highest BCUT2D eigenvalue weighted by atomic mass is 79.9.